The molecule has 0 aromatic heterocycles. The van der Waals surface area contributed by atoms with E-state index in [1.54, 1.807) is 19.2 Å². The Morgan fingerprint density at radius 2 is 1.54 bits per heavy atom. The number of rotatable bonds is 14. The van der Waals surface area contributed by atoms with Crippen molar-refractivity contribution in [1.29, 1.82) is 0 Å². The van der Waals surface area contributed by atoms with Crippen LogP contribution in [0.1, 0.15) is 30.5 Å². The maximum absolute atomic E-state index is 13.7. The second-order valence-electron chi connectivity index (χ2n) is 10.9. The summed E-state index contributed by atoms with van der Waals surface area (Å²) < 4.78 is 39.8. The van der Waals surface area contributed by atoms with Crippen molar-refractivity contribution in [2.75, 3.05) is 33.9 Å². The lowest BCUT2D eigenvalue weighted by Crippen LogP contribution is -3.18. The summed E-state index contributed by atoms with van der Waals surface area (Å²) in [5.41, 5.74) is 2.81. The summed E-state index contributed by atoms with van der Waals surface area (Å²) in [4.78, 5) is 14.0. The van der Waals surface area contributed by atoms with E-state index in [2.05, 4.69) is 0 Å². The zero-order valence-corrected chi connectivity index (χ0v) is 25.6. The number of hydrogen-bond donors (Lipinski definition) is 2. The molecule has 41 heavy (non-hydrogen) atoms. The highest BCUT2D eigenvalue weighted by atomic mass is 32.2. The number of likely N-dealkylation sites (N-methyl/N-ethyl adjacent to an activating group) is 1. The predicted molar refractivity (Wildman–Crippen MR) is 160 cm³/mol. The number of sulfonamides is 1. The average Bonchev–Trinajstić information content (AvgIpc) is 2.95. The highest BCUT2D eigenvalue weighted by Gasteiger charge is 2.36. The highest BCUT2D eigenvalue weighted by molar-refractivity contribution is 7.89. The van der Waals surface area contributed by atoms with Gasteiger partial charge in [-0.05, 0) is 60.7 Å². The molecule has 0 spiro atoms. The Morgan fingerprint density at radius 3 is 2.10 bits per heavy atom. The molecular weight excluding hydrogens is 540 g/mol. The van der Waals surface area contributed by atoms with Gasteiger partial charge in [0.25, 0.3) is 0 Å². The normalized spacial score (nSPS) is 14.1. The van der Waals surface area contributed by atoms with E-state index >= 15 is 0 Å². The van der Waals surface area contributed by atoms with Crippen LogP contribution in [-0.2, 0) is 21.2 Å². The molecule has 0 aliphatic carbocycles. The zero-order valence-electron chi connectivity index (χ0n) is 24.8. The van der Waals surface area contributed by atoms with Gasteiger partial charge in [-0.25, -0.2) is 13.2 Å². The van der Waals surface area contributed by atoms with Crippen molar-refractivity contribution in [2.24, 2.45) is 5.92 Å². The van der Waals surface area contributed by atoms with Crippen molar-refractivity contribution in [2.45, 2.75) is 51.2 Å². The largest absolute Gasteiger partial charge is 0.497 e. The fourth-order valence-corrected chi connectivity index (χ4v) is 6.46. The first-order valence-corrected chi connectivity index (χ1v) is 15.3. The summed E-state index contributed by atoms with van der Waals surface area (Å²) in [7, 11) is -0.700. The molecule has 0 heterocycles. The third kappa shape index (κ3) is 8.63. The quantitative estimate of drug-likeness (QED) is 0.303. The average molecular weight is 584 g/mol. The van der Waals surface area contributed by atoms with Gasteiger partial charge in [0.15, 0.2) is 0 Å². The van der Waals surface area contributed by atoms with Gasteiger partial charge in [0.1, 0.15) is 23.6 Å². The van der Waals surface area contributed by atoms with Crippen molar-refractivity contribution in [3.05, 3.63) is 89.5 Å². The number of aliphatic hydroxyl groups excluding tert-OH is 1. The lowest BCUT2D eigenvalue weighted by atomic mass is 9.99. The summed E-state index contributed by atoms with van der Waals surface area (Å²) >= 11 is 0. The van der Waals surface area contributed by atoms with Crippen molar-refractivity contribution < 1.29 is 32.7 Å². The monoisotopic (exact) mass is 583 g/mol. The maximum atomic E-state index is 13.7. The Kier molecular flexibility index (Phi) is 11.5. The van der Waals surface area contributed by atoms with Crippen LogP contribution in [0.4, 0.5) is 0 Å². The van der Waals surface area contributed by atoms with Crippen molar-refractivity contribution in [3.8, 4) is 11.5 Å². The van der Waals surface area contributed by atoms with Gasteiger partial charge in [0, 0.05) is 19.5 Å². The SMILES string of the molecule is COc1ccc(S(=O)(=O)N(CC(C)C)C[C@@H](O)[C@H](Cc2ccccc2)[NH+](C)C(=O)COc2c(C)cccc2C)cc1. The molecule has 1 unspecified atom stereocenters. The molecule has 3 aromatic carbocycles. The summed E-state index contributed by atoms with van der Waals surface area (Å²) in [6, 6.07) is 21.0. The molecule has 0 aliphatic rings. The first-order chi connectivity index (χ1) is 19.4. The molecule has 0 saturated carbocycles. The van der Waals surface area contributed by atoms with Crippen LogP contribution in [0.15, 0.2) is 77.7 Å². The summed E-state index contributed by atoms with van der Waals surface area (Å²) in [6.07, 6.45) is -0.757. The molecule has 0 bridgehead atoms. The summed E-state index contributed by atoms with van der Waals surface area (Å²) in [6.45, 7) is 7.59. The van der Waals surface area contributed by atoms with Crippen LogP contribution in [0.25, 0.3) is 0 Å². The summed E-state index contributed by atoms with van der Waals surface area (Å²) in [5.74, 6) is 0.998. The number of nitrogens with one attached hydrogen (secondary N) is 1. The highest BCUT2D eigenvalue weighted by Crippen LogP contribution is 2.23. The zero-order chi connectivity index (χ0) is 30.2. The van der Waals surface area contributed by atoms with E-state index in [0.29, 0.717) is 22.8 Å². The molecule has 222 valence electrons. The van der Waals surface area contributed by atoms with Crippen molar-refractivity contribution in [3.63, 3.8) is 0 Å². The van der Waals surface area contributed by atoms with Crippen LogP contribution in [-0.4, -0.2) is 69.7 Å². The second kappa shape index (κ2) is 14.6. The Bertz CT molecular complexity index is 1360. The minimum atomic E-state index is -3.93. The third-order valence-corrected chi connectivity index (χ3v) is 9.02. The molecule has 0 radical (unpaired) electrons. The van der Waals surface area contributed by atoms with Crippen molar-refractivity contribution >= 4 is 15.9 Å². The first kappa shape index (κ1) is 32.3. The van der Waals surface area contributed by atoms with Gasteiger partial charge >= 0.3 is 5.91 Å². The van der Waals surface area contributed by atoms with Gasteiger partial charge in [-0.2, -0.15) is 4.31 Å². The number of carbonyl (C=O) groups is 1. The van der Waals surface area contributed by atoms with Gasteiger partial charge < -0.3 is 14.6 Å². The number of aliphatic hydroxyl groups is 1. The predicted octanol–water partition coefficient (Wildman–Crippen LogP) is 3.05. The topological polar surface area (TPSA) is 97.6 Å². The molecule has 3 atom stereocenters. The Hall–Kier alpha value is -3.24. The number of para-hydroxylation sites is 1. The first-order valence-electron chi connectivity index (χ1n) is 13.9. The molecule has 1 amide bonds. The van der Waals surface area contributed by atoms with E-state index in [4.69, 9.17) is 9.47 Å². The minimum Gasteiger partial charge on any atom is -0.497 e. The van der Waals surface area contributed by atoms with E-state index < -0.39 is 22.2 Å². The van der Waals surface area contributed by atoms with E-state index in [1.807, 2.05) is 76.2 Å². The Balaban J connectivity index is 1.87. The van der Waals surface area contributed by atoms with Crippen LogP contribution in [0.3, 0.4) is 0 Å². The van der Waals surface area contributed by atoms with Crippen LogP contribution < -0.4 is 14.4 Å². The molecular formula is C32H43N2O6S+. The molecule has 2 N–H and O–H groups in total. The smallest absolute Gasteiger partial charge is 0.349 e. The van der Waals surface area contributed by atoms with E-state index in [-0.39, 0.29) is 36.4 Å². The fourth-order valence-electron chi connectivity index (χ4n) is 4.84. The number of nitrogens with zero attached hydrogens (tertiary/aromatic N) is 1. The molecule has 3 rings (SSSR count). The van der Waals surface area contributed by atoms with Gasteiger partial charge in [0.2, 0.25) is 16.6 Å². The van der Waals surface area contributed by atoms with Gasteiger partial charge in [-0.3, -0.25) is 4.90 Å². The van der Waals surface area contributed by atoms with Crippen LogP contribution in [0, 0.1) is 19.8 Å². The molecule has 0 fully saturated rings. The van der Waals surface area contributed by atoms with Crippen LogP contribution in [0.2, 0.25) is 0 Å². The molecule has 9 heteroatoms. The fraction of sp³-hybridized carbons (Fsp3) is 0.406. The van der Waals surface area contributed by atoms with E-state index in [0.717, 1.165) is 16.7 Å². The lowest BCUT2D eigenvalue weighted by Gasteiger charge is -2.32. The third-order valence-electron chi connectivity index (χ3n) is 7.17. The summed E-state index contributed by atoms with van der Waals surface area (Å²) in [5, 5.41) is 11.6. The minimum absolute atomic E-state index is 0.0141. The number of methoxy groups -OCH3 is 1. The number of amides is 1. The lowest BCUT2D eigenvalue weighted by molar-refractivity contribution is -0.832. The number of quaternary nitrogens is 1. The number of aryl methyl sites for hydroxylation is 2. The van der Waals surface area contributed by atoms with E-state index in [1.165, 1.54) is 23.5 Å². The number of ether oxygens (including phenoxy) is 2. The Labute approximate surface area is 244 Å². The van der Waals surface area contributed by atoms with Crippen molar-refractivity contribution in [1.82, 2.24) is 4.31 Å². The number of benzene rings is 3. The van der Waals surface area contributed by atoms with Gasteiger partial charge in [-0.1, -0.05) is 62.4 Å². The molecule has 8 nitrogen and oxygen atoms in total. The Morgan fingerprint density at radius 1 is 0.927 bits per heavy atom. The molecule has 0 saturated heterocycles. The van der Waals surface area contributed by atoms with Crippen LogP contribution in [0.5, 0.6) is 11.5 Å². The maximum Gasteiger partial charge on any atom is 0.349 e. The standard InChI is InChI=1S/C32H42N2O6S/c1-23(2)20-34(41(37,38)28-17-15-27(39-6)16-18-28)21-30(35)29(19-26-13-8-7-9-14-26)33(5)31(36)22-40-32-24(3)11-10-12-25(32)4/h7-18,23,29-30,35H,19-22H2,1-6H3/p+1/t29-,30+/m0/s1. The van der Waals surface area contributed by atoms with Crippen LogP contribution >= 0.6 is 0 Å². The van der Waals surface area contributed by atoms with E-state index in [9.17, 15) is 18.3 Å². The second-order valence-corrected chi connectivity index (χ2v) is 12.8. The number of carbonyl (C=O) groups excluding carboxylic acids is 1. The number of hydrogen-bond acceptors (Lipinski definition) is 6. The molecule has 3 aromatic rings. The van der Waals surface area contributed by atoms with Gasteiger partial charge in [0.05, 0.1) is 19.1 Å². The van der Waals surface area contributed by atoms with Gasteiger partial charge in [-0.15, -0.1) is 0 Å². The molecule has 0 aliphatic heterocycles.